The van der Waals surface area contributed by atoms with Crippen LogP contribution in [0.15, 0.2) is 52.9 Å². The van der Waals surface area contributed by atoms with E-state index in [1.165, 1.54) is 19.3 Å². The molecule has 142 valence electrons. The molecule has 1 fully saturated rings. The number of rotatable bonds is 3. The molecule has 0 radical (unpaired) electrons. The van der Waals surface area contributed by atoms with E-state index in [1.54, 1.807) is 0 Å². The molecular formula is C22H21N3O3. The quantitative estimate of drug-likeness (QED) is 0.697. The summed E-state index contributed by atoms with van der Waals surface area (Å²) in [7, 11) is 0. The van der Waals surface area contributed by atoms with Crippen LogP contribution in [0.25, 0.3) is 0 Å². The lowest BCUT2D eigenvalue weighted by Crippen LogP contribution is -2.25. The van der Waals surface area contributed by atoms with Crippen molar-refractivity contribution in [1.82, 2.24) is 10.2 Å². The third-order valence-electron chi connectivity index (χ3n) is 5.57. The number of carbonyl (C=O) groups excluding carboxylic acids is 1. The lowest BCUT2D eigenvalue weighted by molar-refractivity contribution is -0.117. The Morgan fingerprint density at radius 2 is 1.54 bits per heavy atom. The molecule has 1 aliphatic heterocycles. The third-order valence-corrected chi connectivity index (χ3v) is 5.57. The molecule has 1 aliphatic carbocycles. The van der Waals surface area contributed by atoms with Crippen molar-refractivity contribution in [3.63, 3.8) is 0 Å². The van der Waals surface area contributed by atoms with Gasteiger partial charge in [-0.15, -0.1) is 5.10 Å². The van der Waals surface area contributed by atoms with Crippen LogP contribution in [0.4, 0.5) is 6.01 Å². The van der Waals surface area contributed by atoms with Gasteiger partial charge in [0.15, 0.2) is 0 Å². The van der Waals surface area contributed by atoms with E-state index in [1.807, 2.05) is 48.5 Å². The second-order valence-corrected chi connectivity index (χ2v) is 7.38. The summed E-state index contributed by atoms with van der Waals surface area (Å²) in [5.41, 5.74) is 1.65. The largest absolute Gasteiger partial charge is 0.457 e. The summed E-state index contributed by atoms with van der Waals surface area (Å²) in [5.74, 6) is 1.61. The SMILES string of the molecule is O=C(Nc1nnc(C2CCCCC2)o1)C1c2ccccc2Oc2ccccc21. The summed E-state index contributed by atoms with van der Waals surface area (Å²) in [4.78, 5) is 13.2. The first-order valence-corrected chi connectivity index (χ1v) is 9.79. The number of amides is 1. The standard InChI is InChI=1S/C22H21N3O3/c26-20(23-22-25-24-21(28-22)14-8-2-1-3-9-14)19-15-10-4-6-12-17(15)27-18-13-7-5-11-16(18)19/h4-7,10-14,19H,1-3,8-9H2,(H,23,25,26). The van der Waals surface area contributed by atoms with Crippen LogP contribution in [0.3, 0.4) is 0 Å². The van der Waals surface area contributed by atoms with Gasteiger partial charge in [0.1, 0.15) is 11.5 Å². The van der Waals surface area contributed by atoms with Gasteiger partial charge in [-0.25, -0.2) is 0 Å². The number of anilines is 1. The van der Waals surface area contributed by atoms with Crippen molar-refractivity contribution in [1.29, 1.82) is 0 Å². The molecule has 0 unspecified atom stereocenters. The zero-order chi connectivity index (χ0) is 18.9. The molecule has 0 spiro atoms. The maximum absolute atomic E-state index is 13.2. The van der Waals surface area contributed by atoms with Gasteiger partial charge in [0.25, 0.3) is 0 Å². The van der Waals surface area contributed by atoms with E-state index < -0.39 is 5.92 Å². The number of benzene rings is 2. The fraction of sp³-hybridized carbons (Fsp3) is 0.318. The number of nitrogens with zero attached hydrogens (tertiary/aromatic N) is 2. The van der Waals surface area contributed by atoms with Crippen molar-refractivity contribution in [2.45, 2.75) is 43.9 Å². The summed E-state index contributed by atoms with van der Waals surface area (Å²) in [6.07, 6.45) is 5.76. The Morgan fingerprint density at radius 1 is 0.893 bits per heavy atom. The van der Waals surface area contributed by atoms with Crippen molar-refractivity contribution in [3.05, 3.63) is 65.5 Å². The van der Waals surface area contributed by atoms with Crippen molar-refractivity contribution in [2.75, 3.05) is 5.32 Å². The lowest BCUT2D eigenvalue weighted by Gasteiger charge is -2.26. The van der Waals surface area contributed by atoms with E-state index in [0.29, 0.717) is 23.3 Å². The highest BCUT2D eigenvalue weighted by atomic mass is 16.5. The second kappa shape index (κ2) is 7.11. The molecule has 6 nitrogen and oxygen atoms in total. The average molecular weight is 375 g/mol. The van der Waals surface area contributed by atoms with Gasteiger partial charge < -0.3 is 9.15 Å². The van der Waals surface area contributed by atoms with Gasteiger partial charge in [-0.05, 0) is 25.0 Å². The first-order chi connectivity index (χ1) is 13.8. The molecule has 2 heterocycles. The number of carbonyl (C=O) groups is 1. The second-order valence-electron chi connectivity index (χ2n) is 7.38. The predicted octanol–water partition coefficient (Wildman–Crippen LogP) is 4.99. The van der Waals surface area contributed by atoms with Gasteiger partial charge in [-0.1, -0.05) is 60.8 Å². The highest BCUT2D eigenvalue weighted by Gasteiger charge is 2.33. The summed E-state index contributed by atoms with van der Waals surface area (Å²) >= 11 is 0. The predicted molar refractivity (Wildman–Crippen MR) is 104 cm³/mol. The number of nitrogens with one attached hydrogen (secondary N) is 1. The molecule has 3 aromatic rings. The Bertz CT molecular complexity index is 962. The molecule has 2 aliphatic rings. The van der Waals surface area contributed by atoms with Crippen molar-refractivity contribution < 1.29 is 13.9 Å². The fourth-order valence-corrected chi connectivity index (χ4v) is 4.17. The van der Waals surface area contributed by atoms with Crippen LogP contribution in [-0.4, -0.2) is 16.1 Å². The van der Waals surface area contributed by atoms with Crippen LogP contribution in [0.1, 0.15) is 61.0 Å². The van der Waals surface area contributed by atoms with Gasteiger partial charge in [-0.3, -0.25) is 10.1 Å². The Labute approximate surface area is 162 Å². The minimum atomic E-state index is -0.494. The molecule has 0 atom stereocenters. The molecule has 1 N–H and O–H groups in total. The van der Waals surface area contributed by atoms with Gasteiger partial charge in [-0.2, -0.15) is 0 Å². The topological polar surface area (TPSA) is 77.3 Å². The molecule has 6 heteroatoms. The first kappa shape index (κ1) is 17.0. The third kappa shape index (κ3) is 3.05. The number of hydrogen-bond donors (Lipinski definition) is 1. The maximum atomic E-state index is 13.2. The van der Waals surface area contributed by atoms with Crippen LogP contribution in [0.5, 0.6) is 11.5 Å². The molecule has 0 saturated heterocycles. The Kier molecular flexibility index (Phi) is 4.31. The zero-order valence-corrected chi connectivity index (χ0v) is 15.4. The molecule has 0 bridgehead atoms. The number of aromatic nitrogens is 2. The normalized spacial score (nSPS) is 16.7. The minimum Gasteiger partial charge on any atom is -0.457 e. The molecule has 2 aromatic carbocycles. The minimum absolute atomic E-state index is 0.159. The molecule has 28 heavy (non-hydrogen) atoms. The van der Waals surface area contributed by atoms with Crippen molar-refractivity contribution >= 4 is 11.9 Å². The Balaban J connectivity index is 1.42. The summed E-state index contributed by atoms with van der Waals surface area (Å²) in [6.45, 7) is 0. The summed E-state index contributed by atoms with van der Waals surface area (Å²) in [5, 5.41) is 11.0. The van der Waals surface area contributed by atoms with Gasteiger partial charge in [0, 0.05) is 17.0 Å². The first-order valence-electron chi connectivity index (χ1n) is 9.79. The molecular weight excluding hydrogens is 354 g/mol. The monoisotopic (exact) mass is 375 g/mol. The zero-order valence-electron chi connectivity index (χ0n) is 15.4. The van der Waals surface area contributed by atoms with Gasteiger partial charge in [0.05, 0.1) is 5.92 Å². The van der Waals surface area contributed by atoms with Crippen molar-refractivity contribution in [3.8, 4) is 11.5 Å². The van der Waals surface area contributed by atoms with Gasteiger partial charge >= 0.3 is 6.01 Å². The van der Waals surface area contributed by atoms with E-state index in [4.69, 9.17) is 9.15 Å². The van der Waals surface area contributed by atoms with Crippen LogP contribution < -0.4 is 10.1 Å². The highest BCUT2D eigenvalue weighted by Crippen LogP contribution is 2.44. The lowest BCUT2D eigenvalue weighted by atomic mass is 9.87. The molecule has 5 rings (SSSR count). The van der Waals surface area contributed by atoms with Crippen LogP contribution in [0.2, 0.25) is 0 Å². The smallest absolute Gasteiger partial charge is 0.322 e. The van der Waals surface area contributed by atoms with E-state index in [-0.39, 0.29) is 11.9 Å². The van der Waals surface area contributed by atoms with Gasteiger partial charge in [0.2, 0.25) is 11.8 Å². The van der Waals surface area contributed by atoms with Crippen LogP contribution in [-0.2, 0) is 4.79 Å². The van der Waals surface area contributed by atoms with Crippen molar-refractivity contribution in [2.24, 2.45) is 0 Å². The Hall–Kier alpha value is -3.15. The molecule has 1 amide bonds. The van der Waals surface area contributed by atoms with E-state index >= 15 is 0 Å². The molecule has 1 saturated carbocycles. The van der Waals surface area contributed by atoms with E-state index in [0.717, 1.165) is 24.0 Å². The fourth-order valence-electron chi connectivity index (χ4n) is 4.17. The number of para-hydroxylation sites is 2. The summed E-state index contributed by atoms with van der Waals surface area (Å²) < 4.78 is 11.7. The number of hydrogen-bond acceptors (Lipinski definition) is 5. The highest BCUT2D eigenvalue weighted by molar-refractivity contribution is 5.98. The Morgan fingerprint density at radius 3 is 2.21 bits per heavy atom. The van der Waals surface area contributed by atoms with E-state index in [9.17, 15) is 4.79 Å². The average Bonchev–Trinajstić information content (AvgIpc) is 3.21. The number of fused-ring (bicyclic) bond motifs is 2. The molecule has 1 aromatic heterocycles. The van der Waals surface area contributed by atoms with Crippen LogP contribution in [0, 0.1) is 0 Å². The summed E-state index contributed by atoms with van der Waals surface area (Å²) in [6, 6.07) is 15.3. The maximum Gasteiger partial charge on any atom is 0.322 e. The number of ether oxygens (including phenoxy) is 1. The van der Waals surface area contributed by atoms with E-state index in [2.05, 4.69) is 15.5 Å². The van der Waals surface area contributed by atoms with Crippen LogP contribution >= 0.6 is 0 Å².